The zero-order chi connectivity index (χ0) is 20.3. The minimum Gasteiger partial charge on any atom is -0.368 e. The van der Waals surface area contributed by atoms with Crippen LogP contribution in [0.3, 0.4) is 0 Å². The number of hydrogen-bond donors (Lipinski definition) is 2. The van der Waals surface area contributed by atoms with Crippen molar-refractivity contribution >= 4 is 38.7 Å². The first-order chi connectivity index (χ1) is 13.3. The number of sulfone groups is 1. The number of carbonyl (C=O) groups excluding carboxylic acids is 2. The Morgan fingerprint density at radius 3 is 2.36 bits per heavy atom. The topological polar surface area (TPSA) is 122 Å². The second kappa shape index (κ2) is 7.81. The molecule has 0 bridgehead atoms. The van der Waals surface area contributed by atoms with Gasteiger partial charge in [0, 0.05) is 12.1 Å². The Balaban J connectivity index is 1.78. The molecule has 9 heteroatoms. The van der Waals surface area contributed by atoms with Crippen molar-refractivity contribution in [3.63, 3.8) is 0 Å². The largest absolute Gasteiger partial charge is 0.368 e. The third-order valence-corrected chi connectivity index (χ3v) is 6.12. The Labute approximate surface area is 163 Å². The van der Waals surface area contributed by atoms with Gasteiger partial charge >= 0.3 is 0 Å². The molecule has 0 aliphatic carbocycles. The predicted molar refractivity (Wildman–Crippen MR) is 107 cm³/mol. The molecule has 1 heterocycles. The number of nitrogens with one attached hydrogen (secondary N) is 1. The fraction of sp³-hybridized carbons (Fsp3) is 0.211. The van der Waals surface area contributed by atoms with Gasteiger partial charge in [-0.2, -0.15) is 5.10 Å². The van der Waals surface area contributed by atoms with Crippen molar-refractivity contribution in [3.8, 4) is 0 Å². The monoisotopic (exact) mass is 400 g/mol. The smallest absolute Gasteiger partial charge is 0.271 e. The molecule has 1 unspecified atom stereocenters. The van der Waals surface area contributed by atoms with E-state index in [1.165, 1.54) is 29.3 Å². The number of nitrogens with two attached hydrogens (primary N) is 1. The Morgan fingerprint density at radius 1 is 1.14 bits per heavy atom. The van der Waals surface area contributed by atoms with Crippen molar-refractivity contribution in [3.05, 3.63) is 54.6 Å². The second-order valence-electron chi connectivity index (χ2n) is 6.23. The zero-order valence-corrected chi connectivity index (χ0v) is 16.0. The van der Waals surface area contributed by atoms with E-state index in [9.17, 15) is 18.0 Å². The molecular formula is C19H20N4O4S. The number of carbonyl (C=O) groups is 2. The molecule has 0 saturated carbocycles. The van der Waals surface area contributed by atoms with Crippen LogP contribution in [0, 0.1) is 0 Å². The lowest BCUT2D eigenvalue weighted by Gasteiger charge is -2.20. The summed E-state index contributed by atoms with van der Waals surface area (Å²) in [5, 5.41) is 8.38. The lowest BCUT2D eigenvalue weighted by atomic mass is 10.1. The summed E-state index contributed by atoms with van der Waals surface area (Å²) < 4.78 is 23.7. The van der Waals surface area contributed by atoms with Crippen molar-refractivity contribution in [1.82, 2.24) is 0 Å². The standard InChI is InChI=1S/C19H20N4O4S/c1-2-28(26,27)15-10-8-13(9-11-15)21-19(25)16-12-17(18(20)24)23(22-16)14-6-4-3-5-7-14/h3-11,17H,2,12H2,1H3,(H2,20,24)(H,21,25). The van der Waals surface area contributed by atoms with E-state index in [4.69, 9.17) is 5.73 Å². The fourth-order valence-electron chi connectivity index (χ4n) is 2.80. The third kappa shape index (κ3) is 4.04. The third-order valence-electron chi connectivity index (χ3n) is 4.37. The number of hydrazone groups is 1. The van der Waals surface area contributed by atoms with Crippen LogP contribution in [0.5, 0.6) is 0 Å². The number of anilines is 2. The van der Waals surface area contributed by atoms with Gasteiger partial charge in [-0.05, 0) is 36.4 Å². The van der Waals surface area contributed by atoms with E-state index < -0.39 is 27.7 Å². The van der Waals surface area contributed by atoms with Crippen molar-refractivity contribution in [2.45, 2.75) is 24.3 Å². The summed E-state index contributed by atoms with van der Waals surface area (Å²) in [6.07, 6.45) is 0.0817. The highest BCUT2D eigenvalue weighted by molar-refractivity contribution is 7.91. The number of primary amides is 1. The molecule has 3 N–H and O–H groups in total. The number of rotatable bonds is 6. The van der Waals surface area contributed by atoms with Crippen LogP contribution in [0.4, 0.5) is 11.4 Å². The van der Waals surface area contributed by atoms with Crippen LogP contribution in [0.2, 0.25) is 0 Å². The van der Waals surface area contributed by atoms with Gasteiger partial charge in [-0.25, -0.2) is 8.42 Å². The van der Waals surface area contributed by atoms with Gasteiger partial charge in [-0.3, -0.25) is 14.6 Å². The highest BCUT2D eigenvalue weighted by Crippen LogP contribution is 2.25. The van der Waals surface area contributed by atoms with Crippen molar-refractivity contribution in [2.24, 2.45) is 10.8 Å². The highest BCUT2D eigenvalue weighted by atomic mass is 32.2. The molecule has 28 heavy (non-hydrogen) atoms. The Hall–Kier alpha value is -3.20. The molecule has 0 spiro atoms. The predicted octanol–water partition coefficient (Wildman–Crippen LogP) is 1.54. The maximum Gasteiger partial charge on any atom is 0.271 e. The molecule has 1 aliphatic heterocycles. The van der Waals surface area contributed by atoms with Crippen LogP contribution in [0.25, 0.3) is 0 Å². The molecule has 8 nitrogen and oxygen atoms in total. The molecule has 2 amide bonds. The average molecular weight is 400 g/mol. The molecule has 2 aromatic rings. The first-order valence-electron chi connectivity index (χ1n) is 8.67. The maximum absolute atomic E-state index is 12.6. The zero-order valence-electron chi connectivity index (χ0n) is 15.2. The minimum atomic E-state index is -3.31. The van der Waals surface area contributed by atoms with Crippen LogP contribution in [0.1, 0.15) is 13.3 Å². The summed E-state index contributed by atoms with van der Waals surface area (Å²) in [4.78, 5) is 24.5. The number of para-hydroxylation sites is 1. The summed E-state index contributed by atoms with van der Waals surface area (Å²) in [6.45, 7) is 1.57. The van der Waals surface area contributed by atoms with Crippen LogP contribution in [0.15, 0.2) is 64.6 Å². The molecule has 3 rings (SSSR count). The van der Waals surface area contributed by atoms with Gasteiger partial charge in [0.1, 0.15) is 11.8 Å². The molecule has 1 atom stereocenters. The number of hydrogen-bond acceptors (Lipinski definition) is 6. The molecule has 0 radical (unpaired) electrons. The lowest BCUT2D eigenvalue weighted by Crippen LogP contribution is -2.39. The second-order valence-corrected chi connectivity index (χ2v) is 8.51. The van der Waals surface area contributed by atoms with Gasteiger partial charge in [-0.1, -0.05) is 25.1 Å². The average Bonchev–Trinajstić information content (AvgIpc) is 3.15. The van der Waals surface area contributed by atoms with E-state index in [-0.39, 0.29) is 22.8 Å². The molecule has 146 valence electrons. The van der Waals surface area contributed by atoms with Gasteiger partial charge in [0.05, 0.1) is 16.3 Å². The van der Waals surface area contributed by atoms with Gasteiger partial charge in [0.25, 0.3) is 5.91 Å². The molecule has 0 saturated heterocycles. The number of benzene rings is 2. The quantitative estimate of drug-likeness (QED) is 0.762. The first kappa shape index (κ1) is 19.6. The van der Waals surface area contributed by atoms with Crippen molar-refractivity contribution in [2.75, 3.05) is 16.1 Å². The number of amides is 2. The summed E-state index contributed by atoms with van der Waals surface area (Å²) in [7, 11) is -3.31. The van der Waals surface area contributed by atoms with E-state index in [0.29, 0.717) is 11.4 Å². The van der Waals surface area contributed by atoms with Crippen LogP contribution < -0.4 is 16.1 Å². The fourth-order valence-corrected chi connectivity index (χ4v) is 3.69. The van der Waals surface area contributed by atoms with Crippen LogP contribution >= 0.6 is 0 Å². The Morgan fingerprint density at radius 2 is 1.79 bits per heavy atom. The normalized spacial score (nSPS) is 16.5. The van der Waals surface area contributed by atoms with Crippen molar-refractivity contribution in [1.29, 1.82) is 0 Å². The summed E-state index contributed by atoms with van der Waals surface area (Å²) in [5.74, 6) is -1.06. The summed E-state index contributed by atoms with van der Waals surface area (Å²) in [5.41, 5.74) is 6.72. The molecule has 1 aliphatic rings. The highest BCUT2D eigenvalue weighted by Gasteiger charge is 2.34. The molecule has 0 aromatic heterocycles. The van der Waals surface area contributed by atoms with Crippen LogP contribution in [-0.2, 0) is 19.4 Å². The van der Waals surface area contributed by atoms with Gasteiger partial charge < -0.3 is 11.1 Å². The van der Waals surface area contributed by atoms with Gasteiger partial charge in [0.15, 0.2) is 9.84 Å². The SMILES string of the molecule is CCS(=O)(=O)c1ccc(NC(=O)C2=NN(c3ccccc3)C(C(N)=O)C2)cc1. The molecule has 2 aromatic carbocycles. The summed E-state index contributed by atoms with van der Waals surface area (Å²) in [6, 6.07) is 14.1. The van der Waals surface area contributed by atoms with E-state index in [0.717, 1.165) is 0 Å². The van der Waals surface area contributed by atoms with Gasteiger partial charge in [0.2, 0.25) is 5.91 Å². The molecular weight excluding hydrogens is 380 g/mol. The number of nitrogens with zero attached hydrogens (tertiary/aromatic N) is 2. The van der Waals surface area contributed by atoms with E-state index >= 15 is 0 Å². The maximum atomic E-state index is 12.6. The Kier molecular flexibility index (Phi) is 5.46. The van der Waals surface area contributed by atoms with E-state index in [1.54, 1.807) is 31.2 Å². The first-order valence-corrected chi connectivity index (χ1v) is 10.3. The summed E-state index contributed by atoms with van der Waals surface area (Å²) >= 11 is 0. The minimum absolute atomic E-state index is 0.000657. The lowest BCUT2D eigenvalue weighted by molar-refractivity contribution is -0.119. The van der Waals surface area contributed by atoms with E-state index in [1.807, 2.05) is 6.07 Å². The van der Waals surface area contributed by atoms with Gasteiger partial charge in [-0.15, -0.1) is 0 Å². The Bertz CT molecular complexity index is 1020. The van der Waals surface area contributed by atoms with Crippen LogP contribution in [-0.4, -0.2) is 37.7 Å². The van der Waals surface area contributed by atoms with E-state index in [2.05, 4.69) is 10.4 Å². The molecule has 0 fully saturated rings. The van der Waals surface area contributed by atoms with Crippen molar-refractivity contribution < 1.29 is 18.0 Å².